The molecular formula is C9H7N5O. The van der Waals surface area contributed by atoms with Gasteiger partial charge >= 0.3 is 6.01 Å². The van der Waals surface area contributed by atoms with Crippen LogP contribution in [0.4, 0.5) is 0 Å². The van der Waals surface area contributed by atoms with Crippen LogP contribution in [0.25, 0.3) is 0 Å². The summed E-state index contributed by atoms with van der Waals surface area (Å²) in [6.07, 6.45) is 1.52. The van der Waals surface area contributed by atoms with Crippen molar-refractivity contribution in [2.75, 3.05) is 0 Å². The Labute approximate surface area is 85.8 Å². The van der Waals surface area contributed by atoms with Crippen molar-refractivity contribution >= 4 is 0 Å². The molecular weight excluding hydrogens is 194 g/mol. The molecule has 0 saturated carbocycles. The minimum absolute atomic E-state index is 0.208. The van der Waals surface area contributed by atoms with Crippen LogP contribution in [-0.4, -0.2) is 19.7 Å². The smallest absolute Gasteiger partial charge is 0.342 e. The molecule has 0 aliphatic rings. The summed E-state index contributed by atoms with van der Waals surface area (Å²) in [5, 5.41) is 12.6. The quantitative estimate of drug-likeness (QED) is 0.720. The van der Waals surface area contributed by atoms with Crippen molar-refractivity contribution in [1.29, 1.82) is 5.26 Å². The van der Waals surface area contributed by atoms with Gasteiger partial charge in [-0.25, -0.2) is 4.98 Å². The van der Waals surface area contributed by atoms with E-state index in [1.807, 2.05) is 6.07 Å². The number of aryl methyl sites for hydroxylation is 1. The monoisotopic (exact) mass is 201 g/mol. The van der Waals surface area contributed by atoms with Crippen LogP contribution in [0.15, 0.2) is 24.5 Å². The predicted octanol–water partition coefficient (Wildman–Crippen LogP) is 0.874. The van der Waals surface area contributed by atoms with Crippen molar-refractivity contribution in [3.63, 3.8) is 0 Å². The summed E-state index contributed by atoms with van der Waals surface area (Å²) in [6, 6.07) is 7.05. The van der Waals surface area contributed by atoms with Crippen LogP contribution < -0.4 is 4.74 Å². The lowest BCUT2D eigenvalue weighted by molar-refractivity contribution is 0.422. The molecule has 0 fully saturated rings. The largest absolute Gasteiger partial charge is 0.404 e. The van der Waals surface area contributed by atoms with E-state index in [1.165, 1.54) is 11.0 Å². The highest BCUT2D eigenvalue weighted by atomic mass is 16.5. The number of hydrogen-bond donors (Lipinski definition) is 0. The fourth-order valence-electron chi connectivity index (χ4n) is 0.994. The van der Waals surface area contributed by atoms with Gasteiger partial charge in [0.05, 0.1) is 0 Å². The second-order valence-corrected chi connectivity index (χ2v) is 2.78. The number of rotatable bonds is 2. The molecule has 6 nitrogen and oxygen atoms in total. The van der Waals surface area contributed by atoms with Crippen LogP contribution in [0.2, 0.25) is 0 Å². The fourth-order valence-corrected chi connectivity index (χ4v) is 0.994. The van der Waals surface area contributed by atoms with Crippen molar-refractivity contribution in [2.45, 2.75) is 0 Å². The molecule has 0 N–H and O–H groups in total. The Kier molecular flexibility index (Phi) is 2.29. The van der Waals surface area contributed by atoms with E-state index in [2.05, 4.69) is 15.1 Å². The minimum Gasteiger partial charge on any atom is -0.404 e. The van der Waals surface area contributed by atoms with E-state index in [4.69, 9.17) is 10.00 Å². The topological polar surface area (TPSA) is 76.6 Å². The molecule has 0 aliphatic heterocycles. The summed E-state index contributed by atoms with van der Waals surface area (Å²) < 4.78 is 6.75. The SMILES string of the molecule is Cn1cnc(Oc2cccc(C#N)n2)n1. The highest BCUT2D eigenvalue weighted by molar-refractivity contribution is 5.25. The third-order valence-electron chi connectivity index (χ3n) is 1.61. The first-order valence-corrected chi connectivity index (χ1v) is 4.18. The Morgan fingerprint density at radius 1 is 1.47 bits per heavy atom. The van der Waals surface area contributed by atoms with E-state index in [1.54, 1.807) is 25.2 Å². The minimum atomic E-state index is 0.208. The van der Waals surface area contributed by atoms with Crippen LogP contribution >= 0.6 is 0 Å². The first-order chi connectivity index (χ1) is 7.28. The zero-order valence-electron chi connectivity index (χ0n) is 7.95. The summed E-state index contributed by atoms with van der Waals surface area (Å²) in [7, 11) is 1.74. The number of nitrogens with zero attached hydrogens (tertiary/aromatic N) is 5. The van der Waals surface area contributed by atoms with Crippen LogP contribution in [-0.2, 0) is 7.05 Å². The lowest BCUT2D eigenvalue weighted by Crippen LogP contribution is -1.93. The second kappa shape index (κ2) is 3.75. The van der Waals surface area contributed by atoms with Crippen LogP contribution in [0.1, 0.15) is 5.69 Å². The van der Waals surface area contributed by atoms with Crippen molar-refractivity contribution in [2.24, 2.45) is 7.05 Å². The zero-order chi connectivity index (χ0) is 10.7. The Balaban J connectivity index is 2.21. The summed E-state index contributed by atoms with van der Waals surface area (Å²) in [5.41, 5.74) is 0.295. The van der Waals surface area contributed by atoms with Gasteiger partial charge in [0.1, 0.15) is 18.1 Å². The van der Waals surface area contributed by atoms with E-state index >= 15 is 0 Å². The Bertz CT molecular complexity index is 513. The first kappa shape index (κ1) is 9.15. The van der Waals surface area contributed by atoms with E-state index in [0.717, 1.165) is 0 Å². The predicted molar refractivity (Wildman–Crippen MR) is 50.0 cm³/mol. The van der Waals surface area contributed by atoms with Gasteiger partial charge in [0.2, 0.25) is 5.88 Å². The van der Waals surface area contributed by atoms with Crippen molar-refractivity contribution in [1.82, 2.24) is 19.7 Å². The van der Waals surface area contributed by atoms with Gasteiger partial charge < -0.3 is 4.74 Å². The number of aromatic nitrogens is 4. The normalized spacial score (nSPS) is 9.60. The standard InChI is InChI=1S/C9H7N5O/c1-14-6-11-9(13-14)15-8-4-2-3-7(5-10)12-8/h2-4,6H,1H3. The van der Waals surface area contributed by atoms with Crippen molar-refractivity contribution in [3.8, 4) is 18.0 Å². The van der Waals surface area contributed by atoms with Crippen LogP contribution in [0.5, 0.6) is 11.9 Å². The van der Waals surface area contributed by atoms with E-state index < -0.39 is 0 Å². The van der Waals surface area contributed by atoms with Gasteiger partial charge in [-0.15, -0.1) is 5.10 Å². The Hall–Kier alpha value is -2.42. The van der Waals surface area contributed by atoms with Gasteiger partial charge in [0.25, 0.3) is 0 Å². The second-order valence-electron chi connectivity index (χ2n) is 2.78. The van der Waals surface area contributed by atoms with Crippen molar-refractivity contribution in [3.05, 3.63) is 30.2 Å². The number of pyridine rings is 1. The van der Waals surface area contributed by atoms with Gasteiger partial charge in [-0.05, 0) is 6.07 Å². The molecule has 0 saturated heterocycles. The maximum absolute atomic E-state index is 8.63. The third kappa shape index (κ3) is 2.08. The first-order valence-electron chi connectivity index (χ1n) is 4.18. The molecule has 0 aromatic carbocycles. The third-order valence-corrected chi connectivity index (χ3v) is 1.61. The maximum atomic E-state index is 8.63. The lowest BCUT2D eigenvalue weighted by Gasteiger charge is -1.98. The van der Waals surface area contributed by atoms with Gasteiger partial charge in [-0.3, -0.25) is 4.68 Å². The summed E-state index contributed by atoms with van der Waals surface area (Å²) >= 11 is 0. The molecule has 0 amide bonds. The maximum Gasteiger partial charge on any atom is 0.342 e. The average molecular weight is 201 g/mol. The van der Waals surface area contributed by atoms with E-state index in [9.17, 15) is 0 Å². The summed E-state index contributed by atoms with van der Waals surface area (Å²) in [6.45, 7) is 0. The van der Waals surface area contributed by atoms with E-state index in [-0.39, 0.29) is 6.01 Å². The molecule has 0 unspecified atom stereocenters. The van der Waals surface area contributed by atoms with Crippen LogP contribution in [0.3, 0.4) is 0 Å². The Morgan fingerprint density at radius 2 is 2.33 bits per heavy atom. The molecule has 6 heteroatoms. The van der Waals surface area contributed by atoms with E-state index in [0.29, 0.717) is 11.6 Å². The summed E-state index contributed by atoms with van der Waals surface area (Å²) in [5.74, 6) is 0.306. The summed E-state index contributed by atoms with van der Waals surface area (Å²) in [4.78, 5) is 7.80. The molecule has 2 rings (SSSR count). The van der Waals surface area contributed by atoms with Crippen LogP contribution in [0, 0.1) is 11.3 Å². The molecule has 2 aromatic rings. The number of ether oxygens (including phenoxy) is 1. The van der Waals surface area contributed by atoms with Crippen molar-refractivity contribution < 1.29 is 4.74 Å². The number of nitriles is 1. The molecule has 15 heavy (non-hydrogen) atoms. The molecule has 0 aliphatic carbocycles. The Morgan fingerprint density at radius 3 is 3.00 bits per heavy atom. The molecule has 74 valence electrons. The molecule has 2 heterocycles. The van der Waals surface area contributed by atoms with Gasteiger partial charge in [0.15, 0.2) is 0 Å². The molecule has 0 spiro atoms. The number of hydrogen-bond acceptors (Lipinski definition) is 5. The lowest BCUT2D eigenvalue weighted by atomic mass is 10.4. The highest BCUT2D eigenvalue weighted by Crippen LogP contribution is 2.13. The molecule has 0 atom stereocenters. The molecule has 2 aromatic heterocycles. The van der Waals surface area contributed by atoms with Gasteiger partial charge in [-0.2, -0.15) is 10.2 Å². The van der Waals surface area contributed by atoms with Gasteiger partial charge in [0, 0.05) is 13.1 Å². The molecule has 0 bridgehead atoms. The average Bonchev–Trinajstić information content (AvgIpc) is 2.64. The highest BCUT2D eigenvalue weighted by Gasteiger charge is 2.03. The zero-order valence-corrected chi connectivity index (χ0v) is 7.95. The van der Waals surface area contributed by atoms with Gasteiger partial charge in [-0.1, -0.05) is 6.07 Å². The fraction of sp³-hybridized carbons (Fsp3) is 0.111. The molecule has 0 radical (unpaired) electrons.